The lowest BCUT2D eigenvalue weighted by Crippen LogP contribution is -2.36. The smallest absolute Gasteiger partial charge is 0.129 e. The average molecular weight is 318 g/mol. The fourth-order valence-electron chi connectivity index (χ4n) is 2.25. The van der Waals surface area contributed by atoms with Gasteiger partial charge in [-0.1, -0.05) is 25.6 Å². The fourth-order valence-corrected chi connectivity index (χ4v) is 2.76. The summed E-state index contributed by atoms with van der Waals surface area (Å²) in [5.41, 5.74) is 6.47. The van der Waals surface area contributed by atoms with Crippen molar-refractivity contribution in [2.24, 2.45) is 0 Å². The van der Waals surface area contributed by atoms with E-state index in [1.165, 1.54) is 0 Å². The molecule has 0 spiro atoms. The zero-order valence-electron chi connectivity index (χ0n) is 14.3. The van der Waals surface area contributed by atoms with E-state index < -0.39 is 8.07 Å². The van der Waals surface area contributed by atoms with Gasteiger partial charge in [-0.2, -0.15) is 0 Å². The Balaban J connectivity index is 2.37. The lowest BCUT2D eigenvalue weighted by molar-refractivity contribution is 0.115. The molecular formula is C17H26N2O2Si. The monoisotopic (exact) mass is 318 g/mol. The highest BCUT2D eigenvalue weighted by molar-refractivity contribution is 6.83. The number of nitrogens with zero attached hydrogens (tertiary/aromatic N) is 2. The molecule has 1 aliphatic rings. The van der Waals surface area contributed by atoms with E-state index in [0.717, 1.165) is 43.2 Å². The molecule has 1 atom stereocenters. The van der Waals surface area contributed by atoms with E-state index in [4.69, 9.17) is 9.47 Å². The highest BCUT2D eigenvalue weighted by Crippen LogP contribution is 2.23. The van der Waals surface area contributed by atoms with Gasteiger partial charge >= 0.3 is 0 Å². The second kappa shape index (κ2) is 7.27. The summed E-state index contributed by atoms with van der Waals surface area (Å²) in [5.74, 6) is 3.36. The number of rotatable bonds is 3. The molecule has 120 valence electrons. The Bertz CT molecular complexity index is 566. The third-order valence-corrected chi connectivity index (χ3v) is 4.47. The summed E-state index contributed by atoms with van der Waals surface area (Å²) in [4.78, 5) is 6.93. The van der Waals surface area contributed by atoms with Gasteiger partial charge in [0.05, 0.1) is 42.5 Å². The minimum absolute atomic E-state index is 0.0512. The number of aromatic nitrogens is 1. The van der Waals surface area contributed by atoms with Crippen molar-refractivity contribution < 1.29 is 9.47 Å². The predicted octanol–water partition coefficient (Wildman–Crippen LogP) is 2.85. The molecule has 22 heavy (non-hydrogen) atoms. The zero-order chi connectivity index (χ0) is 16.2. The first-order valence-electron chi connectivity index (χ1n) is 7.79. The van der Waals surface area contributed by atoms with Crippen molar-refractivity contribution in [3.8, 4) is 11.5 Å². The summed E-state index contributed by atoms with van der Waals surface area (Å²) in [6.07, 6.45) is 1.88. The molecule has 0 radical (unpaired) electrons. The SMILES string of the molecule is CO[C@@H](C)c1ncc(N2CCOCC2)cc1C#C[Si](C)(C)C. The Hall–Kier alpha value is -1.35. The minimum atomic E-state index is -1.43. The number of pyridine rings is 1. The molecule has 1 aliphatic heterocycles. The second-order valence-corrected chi connectivity index (χ2v) is 11.4. The van der Waals surface area contributed by atoms with Gasteiger partial charge < -0.3 is 14.4 Å². The molecule has 1 aromatic heterocycles. The van der Waals surface area contributed by atoms with E-state index in [-0.39, 0.29) is 6.10 Å². The summed E-state index contributed by atoms with van der Waals surface area (Å²) in [7, 11) is 0.278. The van der Waals surface area contributed by atoms with Crippen LogP contribution in [0.2, 0.25) is 19.6 Å². The first-order chi connectivity index (χ1) is 10.4. The van der Waals surface area contributed by atoms with Crippen LogP contribution in [0.4, 0.5) is 5.69 Å². The number of ether oxygens (including phenoxy) is 2. The van der Waals surface area contributed by atoms with E-state index in [2.05, 4.69) is 47.1 Å². The molecule has 0 amide bonds. The van der Waals surface area contributed by atoms with E-state index in [1.54, 1.807) is 7.11 Å². The van der Waals surface area contributed by atoms with Gasteiger partial charge in [0, 0.05) is 20.2 Å². The van der Waals surface area contributed by atoms with Gasteiger partial charge in [0.15, 0.2) is 0 Å². The van der Waals surface area contributed by atoms with Crippen LogP contribution in [-0.2, 0) is 9.47 Å². The van der Waals surface area contributed by atoms with Gasteiger partial charge in [0.25, 0.3) is 0 Å². The second-order valence-electron chi connectivity index (χ2n) is 6.60. The number of hydrogen-bond acceptors (Lipinski definition) is 4. The molecular weight excluding hydrogens is 292 g/mol. The quantitative estimate of drug-likeness (QED) is 0.634. The molecule has 0 unspecified atom stereocenters. The van der Waals surface area contributed by atoms with Gasteiger partial charge in [0.1, 0.15) is 8.07 Å². The van der Waals surface area contributed by atoms with Crippen LogP contribution in [0.5, 0.6) is 0 Å². The third-order valence-electron chi connectivity index (χ3n) is 3.59. The molecule has 4 nitrogen and oxygen atoms in total. The number of anilines is 1. The average Bonchev–Trinajstić information content (AvgIpc) is 2.52. The summed E-state index contributed by atoms with van der Waals surface area (Å²) in [6.45, 7) is 12.1. The van der Waals surface area contributed by atoms with E-state index in [9.17, 15) is 0 Å². The molecule has 5 heteroatoms. The Labute approximate surface area is 134 Å². The molecule has 2 heterocycles. The zero-order valence-corrected chi connectivity index (χ0v) is 15.3. The molecule has 2 rings (SSSR count). The maximum atomic E-state index is 5.44. The van der Waals surface area contributed by atoms with Crippen LogP contribution in [-0.4, -0.2) is 46.5 Å². The Kier molecular flexibility index (Phi) is 5.62. The van der Waals surface area contributed by atoms with Gasteiger partial charge in [-0.25, -0.2) is 0 Å². The predicted molar refractivity (Wildman–Crippen MR) is 92.9 cm³/mol. The maximum absolute atomic E-state index is 5.44. The molecule has 0 N–H and O–H groups in total. The number of hydrogen-bond donors (Lipinski definition) is 0. The molecule has 0 bridgehead atoms. The maximum Gasteiger partial charge on any atom is 0.129 e. The minimum Gasteiger partial charge on any atom is -0.378 e. The van der Waals surface area contributed by atoms with E-state index >= 15 is 0 Å². The van der Waals surface area contributed by atoms with Crippen LogP contribution in [0, 0.1) is 11.5 Å². The standard InChI is InChI=1S/C17H26N2O2Si/c1-14(20-2)17-15(6-11-22(3,4)5)12-16(13-18-17)19-7-9-21-10-8-19/h12-14H,7-10H2,1-5H3/t14-/m0/s1. The van der Waals surface area contributed by atoms with Gasteiger partial charge in [-0.3, -0.25) is 4.98 Å². The number of methoxy groups -OCH3 is 1. The van der Waals surface area contributed by atoms with Crippen LogP contribution >= 0.6 is 0 Å². The number of morpholine rings is 1. The molecule has 1 fully saturated rings. The van der Waals surface area contributed by atoms with Crippen molar-refractivity contribution in [2.75, 3.05) is 38.3 Å². The third kappa shape index (κ3) is 4.57. The van der Waals surface area contributed by atoms with Crippen molar-refractivity contribution in [1.82, 2.24) is 4.98 Å². The first-order valence-corrected chi connectivity index (χ1v) is 11.3. The van der Waals surface area contributed by atoms with Crippen molar-refractivity contribution in [2.45, 2.75) is 32.7 Å². The molecule has 0 saturated carbocycles. The summed E-state index contributed by atoms with van der Waals surface area (Å²) < 4.78 is 10.9. The van der Waals surface area contributed by atoms with Crippen molar-refractivity contribution >= 4 is 13.8 Å². The topological polar surface area (TPSA) is 34.6 Å². The fraction of sp³-hybridized carbons (Fsp3) is 0.588. The van der Waals surface area contributed by atoms with Gasteiger partial charge in [-0.15, -0.1) is 5.54 Å². The lowest BCUT2D eigenvalue weighted by atomic mass is 10.1. The van der Waals surface area contributed by atoms with Crippen molar-refractivity contribution in [1.29, 1.82) is 0 Å². The van der Waals surface area contributed by atoms with Crippen LogP contribution in [0.15, 0.2) is 12.3 Å². The molecule has 0 aromatic carbocycles. The Morgan fingerprint density at radius 1 is 1.32 bits per heavy atom. The van der Waals surface area contributed by atoms with Crippen LogP contribution in [0.1, 0.15) is 24.3 Å². The van der Waals surface area contributed by atoms with Crippen molar-refractivity contribution in [3.63, 3.8) is 0 Å². The summed E-state index contributed by atoms with van der Waals surface area (Å²) in [6, 6.07) is 2.15. The summed E-state index contributed by atoms with van der Waals surface area (Å²) in [5, 5.41) is 0. The first kappa shape index (κ1) is 17.0. The highest BCUT2D eigenvalue weighted by Gasteiger charge is 2.16. The van der Waals surface area contributed by atoms with E-state index in [0.29, 0.717) is 0 Å². The van der Waals surface area contributed by atoms with Crippen LogP contribution in [0.3, 0.4) is 0 Å². The normalized spacial score (nSPS) is 16.9. The Morgan fingerprint density at radius 2 is 2.00 bits per heavy atom. The van der Waals surface area contributed by atoms with Crippen LogP contribution in [0.25, 0.3) is 0 Å². The molecule has 1 saturated heterocycles. The van der Waals surface area contributed by atoms with E-state index in [1.807, 2.05) is 13.1 Å². The highest BCUT2D eigenvalue weighted by atomic mass is 28.3. The van der Waals surface area contributed by atoms with Gasteiger partial charge in [-0.05, 0) is 13.0 Å². The molecule has 1 aromatic rings. The lowest BCUT2D eigenvalue weighted by Gasteiger charge is -2.29. The van der Waals surface area contributed by atoms with Crippen molar-refractivity contribution in [3.05, 3.63) is 23.5 Å². The van der Waals surface area contributed by atoms with Crippen LogP contribution < -0.4 is 4.90 Å². The summed E-state index contributed by atoms with van der Waals surface area (Å²) >= 11 is 0. The molecule has 0 aliphatic carbocycles. The van der Waals surface area contributed by atoms with Gasteiger partial charge in [0.2, 0.25) is 0 Å². The largest absolute Gasteiger partial charge is 0.378 e. The Morgan fingerprint density at radius 3 is 2.59 bits per heavy atom.